The highest BCUT2D eigenvalue weighted by Gasteiger charge is 2.14. The van der Waals surface area contributed by atoms with Crippen molar-refractivity contribution in [1.29, 1.82) is 0 Å². The van der Waals surface area contributed by atoms with E-state index in [-0.39, 0.29) is 0 Å². The molecule has 4 nitrogen and oxygen atoms in total. The highest BCUT2D eigenvalue weighted by atomic mass is 16.5. The van der Waals surface area contributed by atoms with Crippen molar-refractivity contribution in [3.8, 4) is 0 Å². The molecule has 1 saturated heterocycles. The zero-order chi connectivity index (χ0) is 8.23. The van der Waals surface area contributed by atoms with Gasteiger partial charge in [0.25, 0.3) is 0 Å². The second-order valence-corrected chi connectivity index (χ2v) is 2.72. The molecule has 0 bridgehead atoms. The van der Waals surface area contributed by atoms with Gasteiger partial charge in [-0.2, -0.15) is 0 Å². The van der Waals surface area contributed by atoms with Crippen molar-refractivity contribution in [3.63, 3.8) is 0 Å². The monoisotopic (exact) mass is 168 g/mol. The van der Waals surface area contributed by atoms with Crippen molar-refractivity contribution in [1.82, 2.24) is 10.2 Å². The highest BCUT2D eigenvalue weighted by molar-refractivity contribution is 4.96. The van der Waals surface area contributed by atoms with Gasteiger partial charge in [-0.3, -0.25) is 0 Å². The number of ether oxygens (including phenoxy) is 2. The topological polar surface area (TPSA) is 33.7 Å². The molecule has 0 aromatic carbocycles. The van der Waals surface area contributed by atoms with Gasteiger partial charge in [-0.1, -0.05) is 0 Å². The van der Waals surface area contributed by atoms with Crippen LogP contribution in [0.15, 0.2) is 24.7 Å². The van der Waals surface area contributed by atoms with Gasteiger partial charge >= 0.3 is 0 Å². The Morgan fingerprint density at radius 3 is 2.75 bits per heavy atom. The minimum atomic E-state index is 0.805. The van der Waals surface area contributed by atoms with E-state index in [0.29, 0.717) is 0 Å². The second-order valence-electron chi connectivity index (χ2n) is 2.72. The molecule has 1 N–H and O–H groups in total. The Morgan fingerprint density at radius 2 is 2.08 bits per heavy atom. The average Bonchev–Trinajstić information content (AvgIpc) is 2.21. The summed E-state index contributed by atoms with van der Waals surface area (Å²) in [4.78, 5) is 2.15. The normalized spacial score (nSPS) is 22.7. The molecular weight excluding hydrogens is 156 g/mol. The molecule has 0 radical (unpaired) electrons. The van der Waals surface area contributed by atoms with Crippen LogP contribution in [0.1, 0.15) is 0 Å². The predicted molar refractivity (Wildman–Crippen MR) is 43.8 cm³/mol. The third kappa shape index (κ3) is 1.53. The van der Waals surface area contributed by atoms with Crippen LogP contribution >= 0.6 is 0 Å². The summed E-state index contributed by atoms with van der Waals surface area (Å²) in [5.41, 5.74) is 0. The van der Waals surface area contributed by atoms with Crippen LogP contribution in [0.4, 0.5) is 0 Å². The van der Waals surface area contributed by atoms with E-state index in [4.69, 9.17) is 9.47 Å². The van der Waals surface area contributed by atoms with E-state index in [1.165, 1.54) is 6.26 Å². The number of hydrogen-bond donors (Lipinski definition) is 1. The first-order chi connectivity index (χ1) is 5.97. The summed E-state index contributed by atoms with van der Waals surface area (Å²) in [6.07, 6.45) is 4.70. The molecule has 4 heteroatoms. The van der Waals surface area contributed by atoms with Crippen molar-refractivity contribution >= 4 is 0 Å². The minimum Gasteiger partial charge on any atom is -0.464 e. The van der Waals surface area contributed by atoms with Gasteiger partial charge in [-0.15, -0.1) is 0 Å². The smallest absolute Gasteiger partial charge is 0.231 e. The number of rotatable bonds is 1. The van der Waals surface area contributed by atoms with Crippen LogP contribution in [0.2, 0.25) is 0 Å². The summed E-state index contributed by atoms with van der Waals surface area (Å²) in [6, 6.07) is 0. The molecule has 0 atom stereocenters. The molecule has 0 unspecified atom stereocenters. The van der Waals surface area contributed by atoms with E-state index in [1.54, 1.807) is 12.5 Å². The first-order valence-electron chi connectivity index (χ1n) is 4.10. The Labute approximate surface area is 71.4 Å². The van der Waals surface area contributed by atoms with Crippen molar-refractivity contribution in [2.24, 2.45) is 0 Å². The van der Waals surface area contributed by atoms with E-state index in [2.05, 4.69) is 10.2 Å². The largest absolute Gasteiger partial charge is 0.464 e. The van der Waals surface area contributed by atoms with Crippen molar-refractivity contribution in [2.45, 2.75) is 0 Å². The van der Waals surface area contributed by atoms with Gasteiger partial charge in [0.2, 0.25) is 5.88 Å². The fraction of sp³-hybridized carbons (Fsp3) is 0.500. The highest BCUT2D eigenvalue weighted by Crippen LogP contribution is 2.11. The molecular formula is C8H12N2O2. The van der Waals surface area contributed by atoms with E-state index in [1.807, 2.05) is 0 Å². The van der Waals surface area contributed by atoms with E-state index in [0.717, 1.165) is 32.1 Å². The maximum atomic E-state index is 5.27. The maximum Gasteiger partial charge on any atom is 0.231 e. The fourth-order valence-electron chi connectivity index (χ4n) is 1.29. The molecule has 12 heavy (non-hydrogen) atoms. The minimum absolute atomic E-state index is 0.805. The Morgan fingerprint density at radius 1 is 1.25 bits per heavy atom. The lowest BCUT2D eigenvalue weighted by Crippen LogP contribution is -2.43. The third-order valence-corrected chi connectivity index (χ3v) is 1.92. The van der Waals surface area contributed by atoms with E-state index < -0.39 is 0 Å². The van der Waals surface area contributed by atoms with Gasteiger partial charge in [-0.05, 0) is 0 Å². The van der Waals surface area contributed by atoms with Crippen LogP contribution < -0.4 is 5.32 Å². The van der Waals surface area contributed by atoms with Crippen LogP contribution in [0.3, 0.4) is 0 Å². The van der Waals surface area contributed by atoms with Crippen LogP contribution in [0.25, 0.3) is 0 Å². The number of nitrogens with one attached hydrogen (secondary N) is 1. The molecule has 0 aliphatic carbocycles. The molecule has 66 valence electrons. The summed E-state index contributed by atoms with van der Waals surface area (Å²) in [6.45, 7) is 3.96. The van der Waals surface area contributed by atoms with Crippen LogP contribution in [0, 0.1) is 0 Å². The van der Waals surface area contributed by atoms with Crippen LogP contribution in [-0.4, -0.2) is 31.1 Å². The first-order valence-corrected chi connectivity index (χ1v) is 4.10. The van der Waals surface area contributed by atoms with Crippen LogP contribution in [0.5, 0.6) is 0 Å². The fourth-order valence-corrected chi connectivity index (χ4v) is 1.29. The molecule has 2 aliphatic rings. The lowest BCUT2D eigenvalue weighted by Gasteiger charge is -2.30. The molecule has 2 rings (SSSR count). The van der Waals surface area contributed by atoms with Crippen molar-refractivity contribution in [2.75, 3.05) is 26.2 Å². The van der Waals surface area contributed by atoms with Gasteiger partial charge in [0.1, 0.15) is 12.5 Å². The van der Waals surface area contributed by atoms with Gasteiger partial charge in [0.15, 0.2) is 6.26 Å². The summed E-state index contributed by atoms with van der Waals surface area (Å²) in [7, 11) is 0. The molecule has 0 spiro atoms. The lowest BCUT2D eigenvalue weighted by molar-refractivity contribution is 0.132. The van der Waals surface area contributed by atoms with E-state index in [9.17, 15) is 0 Å². The number of nitrogens with zero attached hydrogens (tertiary/aromatic N) is 1. The number of hydrogen-bond acceptors (Lipinski definition) is 4. The Bertz CT molecular complexity index is 207. The van der Waals surface area contributed by atoms with Crippen molar-refractivity contribution < 1.29 is 9.47 Å². The van der Waals surface area contributed by atoms with Gasteiger partial charge in [0.05, 0.1) is 0 Å². The standard InChI is InChI=1S/C8H12N2O2/c1-3-10(4-2-9-1)8-7-11-5-6-12-8/h5-7,9H,1-4H2. The first kappa shape index (κ1) is 7.49. The zero-order valence-electron chi connectivity index (χ0n) is 6.82. The van der Waals surface area contributed by atoms with Gasteiger partial charge in [0, 0.05) is 26.2 Å². The summed E-state index contributed by atoms with van der Waals surface area (Å²) in [5.74, 6) is 0.805. The predicted octanol–water partition coefficient (Wildman–Crippen LogP) is 0.208. The number of piperazine rings is 1. The van der Waals surface area contributed by atoms with Gasteiger partial charge in [-0.25, -0.2) is 0 Å². The molecule has 1 fully saturated rings. The Kier molecular flexibility index (Phi) is 2.18. The summed E-state index contributed by atoms with van der Waals surface area (Å²) < 4.78 is 10.3. The molecule has 0 aromatic heterocycles. The van der Waals surface area contributed by atoms with Crippen molar-refractivity contribution in [3.05, 3.63) is 24.7 Å². The SMILES string of the molecule is C1=COC(N2CCNCC2)=CO1. The lowest BCUT2D eigenvalue weighted by atomic mass is 10.4. The molecule has 2 aliphatic heterocycles. The molecule has 0 saturated carbocycles. The Hall–Kier alpha value is -1.16. The molecule has 0 aromatic rings. The van der Waals surface area contributed by atoms with Crippen LogP contribution in [-0.2, 0) is 9.47 Å². The van der Waals surface area contributed by atoms with Gasteiger partial charge < -0.3 is 19.7 Å². The van der Waals surface area contributed by atoms with E-state index >= 15 is 0 Å². The maximum absolute atomic E-state index is 5.27. The summed E-state index contributed by atoms with van der Waals surface area (Å²) >= 11 is 0. The quantitative estimate of drug-likeness (QED) is 0.606. The average molecular weight is 168 g/mol. The Balaban J connectivity index is 1.93. The second kappa shape index (κ2) is 3.49. The summed E-state index contributed by atoms with van der Waals surface area (Å²) in [5, 5.41) is 3.27. The third-order valence-electron chi connectivity index (χ3n) is 1.92. The zero-order valence-corrected chi connectivity index (χ0v) is 6.82. The molecule has 2 heterocycles. The molecule has 0 amide bonds.